The number of aliphatic carboxylic acids is 1. The van der Waals surface area contributed by atoms with Crippen molar-refractivity contribution in [3.8, 4) is 5.75 Å². The lowest BCUT2D eigenvalue weighted by molar-refractivity contribution is -0.152. The Labute approximate surface area is 123 Å². The minimum absolute atomic E-state index is 0.145. The van der Waals surface area contributed by atoms with Crippen molar-refractivity contribution >= 4 is 11.9 Å². The van der Waals surface area contributed by atoms with Crippen LogP contribution in [0.1, 0.15) is 37.7 Å². The molecule has 114 valence electrons. The lowest BCUT2D eigenvalue weighted by atomic mass is 9.87. The van der Waals surface area contributed by atoms with Crippen molar-refractivity contribution in [3.63, 3.8) is 0 Å². The number of carboxylic acids is 1. The first-order valence-corrected chi connectivity index (χ1v) is 7.25. The zero-order valence-electron chi connectivity index (χ0n) is 11.8. The number of ether oxygens (including phenoxy) is 1. The number of benzene rings is 1. The molecule has 0 bridgehead atoms. The summed E-state index contributed by atoms with van der Waals surface area (Å²) in [6.45, 7) is 0. The predicted molar refractivity (Wildman–Crippen MR) is 75.9 cm³/mol. The number of rotatable bonds is 5. The number of phenolic OH excluding ortho intramolecular Hbond substituents is 1. The molecule has 0 unspecified atom stereocenters. The van der Waals surface area contributed by atoms with Crippen molar-refractivity contribution in [1.29, 1.82) is 0 Å². The van der Waals surface area contributed by atoms with Crippen molar-refractivity contribution in [2.24, 2.45) is 5.92 Å². The maximum atomic E-state index is 11.8. The number of aromatic hydroxyl groups is 1. The average Bonchev–Trinajstić information content (AvgIpc) is 2.47. The highest BCUT2D eigenvalue weighted by atomic mass is 16.5. The van der Waals surface area contributed by atoms with Crippen LogP contribution in [0, 0.1) is 5.92 Å². The van der Waals surface area contributed by atoms with Crippen LogP contribution in [0.3, 0.4) is 0 Å². The van der Waals surface area contributed by atoms with Gasteiger partial charge >= 0.3 is 11.9 Å². The van der Waals surface area contributed by atoms with E-state index in [4.69, 9.17) is 9.84 Å². The van der Waals surface area contributed by atoms with Gasteiger partial charge in [0.05, 0.1) is 5.92 Å². The minimum atomic E-state index is -0.757. The zero-order chi connectivity index (χ0) is 15.2. The van der Waals surface area contributed by atoms with Gasteiger partial charge in [0.15, 0.2) is 0 Å². The third-order valence-electron chi connectivity index (χ3n) is 3.88. The Balaban J connectivity index is 1.70. The normalized spacial score (nSPS) is 21.7. The van der Waals surface area contributed by atoms with E-state index >= 15 is 0 Å². The second-order valence-corrected chi connectivity index (χ2v) is 5.47. The molecule has 5 nitrogen and oxygen atoms in total. The number of carbonyl (C=O) groups is 2. The van der Waals surface area contributed by atoms with Crippen LogP contribution in [-0.4, -0.2) is 28.3 Å². The number of hydrogen-bond donors (Lipinski definition) is 2. The molecule has 5 heteroatoms. The van der Waals surface area contributed by atoms with E-state index in [1.807, 2.05) is 0 Å². The summed E-state index contributed by atoms with van der Waals surface area (Å²) in [4.78, 5) is 22.6. The first kappa shape index (κ1) is 15.4. The molecule has 0 atom stereocenters. The third kappa shape index (κ3) is 4.77. The molecule has 2 rings (SSSR count). The van der Waals surface area contributed by atoms with E-state index in [-0.39, 0.29) is 23.7 Å². The molecule has 0 aliphatic heterocycles. The number of hydrogen-bond acceptors (Lipinski definition) is 4. The van der Waals surface area contributed by atoms with E-state index in [2.05, 4.69) is 0 Å². The summed E-state index contributed by atoms with van der Waals surface area (Å²) in [5.41, 5.74) is 0.972. The highest BCUT2D eigenvalue weighted by Gasteiger charge is 2.27. The standard InChI is InChI=1S/C16H20O5/c17-13-6-1-11(2-7-13)3-10-15(18)21-14-8-4-12(5-9-14)16(19)20/h1-2,6-7,12,14,17H,3-5,8-10H2,(H,19,20)/t12-,14-. The average molecular weight is 292 g/mol. The molecule has 0 saturated heterocycles. The fourth-order valence-corrected chi connectivity index (χ4v) is 2.58. The van der Waals surface area contributed by atoms with Crippen molar-refractivity contribution in [2.45, 2.75) is 44.6 Å². The van der Waals surface area contributed by atoms with Crippen LogP contribution in [0.2, 0.25) is 0 Å². The largest absolute Gasteiger partial charge is 0.508 e. The molecular weight excluding hydrogens is 272 g/mol. The lowest BCUT2D eigenvalue weighted by Crippen LogP contribution is -2.27. The van der Waals surface area contributed by atoms with E-state index in [1.54, 1.807) is 24.3 Å². The van der Waals surface area contributed by atoms with Crippen LogP contribution < -0.4 is 0 Å². The Kier molecular flexibility index (Phi) is 5.20. The summed E-state index contributed by atoms with van der Waals surface area (Å²) >= 11 is 0. The van der Waals surface area contributed by atoms with Crippen molar-refractivity contribution in [2.75, 3.05) is 0 Å². The summed E-state index contributed by atoms with van der Waals surface area (Å²) in [7, 11) is 0. The van der Waals surface area contributed by atoms with Crippen molar-refractivity contribution in [3.05, 3.63) is 29.8 Å². The zero-order valence-corrected chi connectivity index (χ0v) is 11.8. The van der Waals surface area contributed by atoms with Gasteiger partial charge in [-0.1, -0.05) is 12.1 Å². The summed E-state index contributed by atoms with van der Waals surface area (Å²) in [6, 6.07) is 6.74. The van der Waals surface area contributed by atoms with E-state index < -0.39 is 5.97 Å². The maximum absolute atomic E-state index is 11.8. The number of esters is 1. The Morgan fingerprint density at radius 3 is 2.29 bits per heavy atom. The molecule has 0 radical (unpaired) electrons. The van der Waals surface area contributed by atoms with Crippen LogP contribution in [0.4, 0.5) is 0 Å². The molecule has 1 aliphatic rings. The van der Waals surface area contributed by atoms with Crippen molar-refractivity contribution in [1.82, 2.24) is 0 Å². The maximum Gasteiger partial charge on any atom is 0.306 e. The molecule has 0 spiro atoms. The second-order valence-electron chi connectivity index (χ2n) is 5.47. The van der Waals surface area contributed by atoms with Gasteiger partial charge < -0.3 is 14.9 Å². The van der Waals surface area contributed by atoms with E-state index in [1.165, 1.54) is 0 Å². The molecule has 1 fully saturated rings. The lowest BCUT2D eigenvalue weighted by Gasteiger charge is -2.25. The van der Waals surface area contributed by atoms with Gasteiger partial charge in [-0.2, -0.15) is 0 Å². The van der Waals surface area contributed by atoms with Gasteiger partial charge in [-0.25, -0.2) is 0 Å². The molecule has 1 aromatic rings. The first-order valence-electron chi connectivity index (χ1n) is 7.25. The highest BCUT2D eigenvalue weighted by molar-refractivity contribution is 5.71. The molecular formula is C16H20O5. The van der Waals surface area contributed by atoms with Crippen LogP contribution in [-0.2, 0) is 20.7 Å². The third-order valence-corrected chi connectivity index (χ3v) is 3.88. The van der Waals surface area contributed by atoms with Gasteiger partial charge in [-0.05, 0) is 49.8 Å². The Morgan fingerprint density at radius 2 is 1.71 bits per heavy atom. The van der Waals surface area contributed by atoms with E-state index in [9.17, 15) is 14.7 Å². The Morgan fingerprint density at radius 1 is 1.10 bits per heavy atom. The fourth-order valence-electron chi connectivity index (χ4n) is 2.58. The van der Waals surface area contributed by atoms with Gasteiger partial charge in [0, 0.05) is 6.42 Å². The summed E-state index contributed by atoms with van der Waals surface area (Å²) in [6.07, 6.45) is 3.13. The number of carbonyl (C=O) groups excluding carboxylic acids is 1. The molecule has 0 heterocycles. The quantitative estimate of drug-likeness (QED) is 0.815. The van der Waals surface area contributed by atoms with E-state index in [0.29, 0.717) is 38.5 Å². The topological polar surface area (TPSA) is 83.8 Å². The second kappa shape index (κ2) is 7.11. The van der Waals surface area contributed by atoms with Crippen molar-refractivity contribution < 1.29 is 24.5 Å². The van der Waals surface area contributed by atoms with Gasteiger partial charge in [0.2, 0.25) is 0 Å². The fraction of sp³-hybridized carbons (Fsp3) is 0.500. The molecule has 1 aliphatic carbocycles. The number of carboxylic acid groups (broad SMARTS) is 1. The molecule has 1 aromatic carbocycles. The Hall–Kier alpha value is -2.04. The Bertz CT molecular complexity index is 486. The molecule has 21 heavy (non-hydrogen) atoms. The highest BCUT2D eigenvalue weighted by Crippen LogP contribution is 2.26. The first-order chi connectivity index (χ1) is 10.0. The van der Waals surface area contributed by atoms with Crippen LogP contribution in [0.25, 0.3) is 0 Å². The molecule has 0 amide bonds. The number of aryl methyl sites for hydroxylation is 1. The summed E-state index contributed by atoms with van der Waals surface area (Å²) in [5, 5.41) is 18.1. The van der Waals surface area contributed by atoms with Crippen LogP contribution in [0.5, 0.6) is 5.75 Å². The number of phenols is 1. The van der Waals surface area contributed by atoms with Crippen LogP contribution in [0.15, 0.2) is 24.3 Å². The smallest absolute Gasteiger partial charge is 0.306 e. The summed E-state index contributed by atoms with van der Waals surface area (Å²) in [5.74, 6) is -1.09. The molecule has 1 saturated carbocycles. The van der Waals surface area contributed by atoms with Gasteiger partial charge in [-0.3, -0.25) is 9.59 Å². The SMILES string of the molecule is O=C(CCc1ccc(O)cc1)O[C@H]1CC[C@H](C(=O)O)CC1. The van der Waals surface area contributed by atoms with Gasteiger partial charge in [0.1, 0.15) is 11.9 Å². The van der Waals surface area contributed by atoms with Gasteiger partial charge in [0.25, 0.3) is 0 Å². The monoisotopic (exact) mass is 292 g/mol. The minimum Gasteiger partial charge on any atom is -0.508 e. The molecule has 2 N–H and O–H groups in total. The predicted octanol–water partition coefficient (Wildman–Crippen LogP) is 2.51. The van der Waals surface area contributed by atoms with E-state index in [0.717, 1.165) is 5.56 Å². The van der Waals surface area contributed by atoms with Crippen LogP contribution >= 0.6 is 0 Å². The van der Waals surface area contributed by atoms with Gasteiger partial charge in [-0.15, -0.1) is 0 Å². The molecule has 0 aromatic heterocycles. The summed E-state index contributed by atoms with van der Waals surface area (Å²) < 4.78 is 5.38.